The second-order valence-electron chi connectivity index (χ2n) is 7.82. The number of rotatable bonds is 6. The van der Waals surface area contributed by atoms with Crippen molar-refractivity contribution < 1.29 is 8.42 Å². The zero-order chi connectivity index (χ0) is 22.7. The summed E-state index contributed by atoms with van der Waals surface area (Å²) >= 11 is 0. The van der Waals surface area contributed by atoms with Crippen LogP contribution in [0.2, 0.25) is 0 Å². The lowest BCUT2D eigenvalue weighted by Gasteiger charge is -2.15. The third-order valence-electron chi connectivity index (χ3n) is 5.57. The molecule has 5 rings (SSSR count). The van der Waals surface area contributed by atoms with Crippen LogP contribution in [0.1, 0.15) is 18.4 Å². The Kier molecular flexibility index (Phi) is 5.85. The molecule has 7 nitrogen and oxygen atoms in total. The highest BCUT2D eigenvalue weighted by atomic mass is 32.2. The predicted octanol–water partition coefficient (Wildman–Crippen LogP) is 4.47. The van der Waals surface area contributed by atoms with E-state index in [9.17, 15) is 8.42 Å². The largest absolute Gasteiger partial charge is 0.264 e. The van der Waals surface area contributed by atoms with Crippen LogP contribution in [0.25, 0.3) is 16.9 Å². The van der Waals surface area contributed by atoms with Gasteiger partial charge in [-0.2, -0.15) is 9.40 Å². The molecular formula is C25H23N5O2S. The van der Waals surface area contributed by atoms with Crippen LogP contribution in [-0.4, -0.2) is 46.8 Å². The number of hydrogen-bond donors (Lipinski definition) is 0. The summed E-state index contributed by atoms with van der Waals surface area (Å²) in [5, 5.41) is 4.75. The van der Waals surface area contributed by atoms with Crippen molar-refractivity contribution in [1.29, 1.82) is 0 Å². The van der Waals surface area contributed by atoms with E-state index >= 15 is 0 Å². The SMILES string of the molecule is O=S(=O)(c1cccc(N=Cc2cn(-c3ccccc3)nc2-c2cccnc2)c1)N1CCCC1. The molecule has 8 heteroatoms. The van der Waals surface area contributed by atoms with Gasteiger partial charge in [0.15, 0.2) is 0 Å². The minimum atomic E-state index is -3.49. The van der Waals surface area contributed by atoms with Gasteiger partial charge in [0.1, 0.15) is 5.69 Å². The Balaban J connectivity index is 1.50. The maximum atomic E-state index is 12.9. The van der Waals surface area contributed by atoms with E-state index in [1.807, 2.05) is 48.7 Å². The van der Waals surface area contributed by atoms with E-state index in [1.54, 1.807) is 51.9 Å². The van der Waals surface area contributed by atoms with Crippen LogP contribution in [0.15, 0.2) is 95.2 Å². The van der Waals surface area contributed by atoms with E-state index < -0.39 is 10.0 Å². The van der Waals surface area contributed by atoms with Gasteiger partial charge < -0.3 is 0 Å². The fourth-order valence-corrected chi connectivity index (χ4v) is 5.43. The number of aromatic nitrogens is 3. The number of para-hydroxylation sites is 1. The quantitative estimate of drug-likeness (QED) is 0.400. The van der Waals surface area contributed by atoms with Crippen molar-refractivity contribution in [3.8, 4) is 16.9 Å². The molecule has 1 aliphatic rings. The minimum Gasteiger partial charge on any atom is -0.264 e. The maximum Gasteiger partial charge on any atom is 0.243 e. The van der Waals surface area contributed by atoms with E-state index in [1.165, 1.54) is 0 Å². The van der Waals surface area contributed by atoms with E-state index in [-0.39, 0.29) is 4.90 Å². The second-order valence-corrected chi connectivity index (χ2v) is 9.76. The lowest BCUT2D eigenvalue weighted by Crippen LogP contribution is -2.27. The highest BCUT2D eigenvalue weighted by Gasteiger charge is 2.27. The topological polar surface area (TPSA) is 80.4 Å². The number of pyridine rings is 1. The van der Waals surface area contributed by atoms with E-state index in [0.717, 1.165) is 35.3 Å². The number of hydrogen-bond acceptors (Lipinski definition) is 5. The van der Waals surface area contributed by atoms with Crippen LogP contribution >= 0.6 is 0 Å². The molecule has 4 aromatic rings. The Morgan fingerprint density at radius 1 is 0.939 bits per heavy atom. The summed E-state index contributed by atoms with van der Waals surface area (Å²) in [6, 6.07) is 20.4. The molecule has 1 fully saturated rings. The molecule has 0 N–H and O–H groups in total. The van der Waals surface area contributed by atoms with E-state index in [2.05, 4.69) is 9.98 Å². The monoisotopic (exact) mass is 457 g/mol. The number of sulfonamides is 1. The number of nitrogens with zero attached hydrogens (tertiary/aromatic N) is 5. The predicted molar refractivity (Wildman–Crippen MR) is 128 cm³/mol. The van der Waals surface area contributed by atoms with Gasteiger partial charge in [-0.05, 0) is 55.3 Å². The maximum absolute atomic E-state index is 12.9. The van der Waals surface area contributed by atoms with Gasteiger partial charge in [0.2, 0.25) is 10.0 Å². The van der Waals surface area contributed by atoms with Crippen molar-refractivity contribution in [3.63, 3.8) is 0 Å². The van der Waals surface area contributed by atoms with Crippen molar-refractivity contribution in [2.75, 3.05) is 13.1 Å². The summed E-state index contributed by atoms with van der Waals surface area (Å²) in [4.78, 5) is 9.07. The summed E-state index contributed by atoms with van der Waals surface area (Å²) in [5.41, 5.74) is 3.93. The highest BCUT2D eigenvalue weighted by molar-refractivity contribution is 7.89. The first-order valence-electron chi connectivity index (χ1n) is 10.8. The second kappa shape index (κ2) is 9.09. The Morgan fingerprint density at radius 2 is 1.76 bits per heavy atom. The van der Waals surface area contributed by atoms with Crippen molar-refractivity contribution in [2.45, 2.75) is 17.7 Å². The standard InChI is InChI=1S/C25H23N5O2S/c31-33(32,29-14-4-5-15-29)24-12-6-9-22(16-24)27-18-21-19-30(23-10-2-1-3-11-23)28-25(21)20-8-7-13-26-17-20/h1-3,6-13,16-19H,4-5,14-15H2. The van der Waals surface area contributed by atoms with Crippen LogP contribution in [-0.2, 0) is 10.0 Å². The average Bonchev–Trinajstić information content (AvgIpc) is 3.55. The van der Waals surface area contributed by atoms with E-state index in [4.69, 9.17) is 5.10 Å². The highest BCUT2D eigenvalue weighted by Crippen LogP contribution is 2.26. The first-order chi connectivity index (χ1) is 16.1. The summed E-state index contributed by atoms with van der Waals surface area (Å²) in [5.74, 6) is 0. The van der Waals surface area contributed by atoms with Gasteiger partial charge in [0.05, 0.1) is 16.3 Å². The fourth-order valence-electron chi connectivity index (χ4n) is 3.87. The average molecular weight is 458 g/mol. The molecule has 166 valence electrons. The van der Waals surface area contributed by atoms with E-state index in [0.29, 0.717) is 18.8 Å². The molecule has 0 radical (unpaired) electrons. The molecule has 0 amide bonds. The van der Waals surface area contributed by atoms with Crippen LogP contribution in [0.5, 0.6) is 0 Å². The van der Waals surface area contributed by atoms with Gasteiger partial charge in [0.25, 0.3) is 0 Å². The van der Waals surface area contributed by atoms with Crippen LogP contribution in [0.3, 0.4) is 0 Å². The van der Waals surface area contributed by atoms with Gasteiger partial charge in [-0.3, -0.25) is 9.98 Å². The summed E-state index contributed by atoms with van der Waals surface area (Å²) in [6.45, 7) is 1.14. The smallest absolute Gasteiger partial charge is 0.243 e. The zero-order valence-corrected chi connectivity index (χ0v) is 18.8. The Bertz CT molecular complexity index is 1380. The molecule has 2 aromatic carbocycles. The molecule has 3 heterocycles. The van der Waals surface area contributed by atoms with Crippen molar-refractivity contribution in [3.05, 3.63) is 90.9 Å². The van der Waals surface area contributed by atoms with Gasteiger partial charge in [-0.1, -0.05) is 24.3 Å². The summed E-state index contributed by atoms with van der Waals surface area (Å²) < 4.78 is 29.2. The molecule has 0 spiro atoms. The summed E-state index contributed by atoms with van der Waals surface area (Å²) in [6.07, 6.45) is 8.91. The molecule has 2 aromatic heterocycles. The fraction of sp³-hybridized carbons (Fsp3) is 0.160. The minimum absolute atomic E-state index is 0.270. The molecule has 0 aliphatic carbocycles. The van der Waals surface area contributed by atoms with Crippen LogP contribution < -0.4 is 0 Å². The molecule has 33 heavy (non-hydrogen) atoms. The molecule has 0 saturated carbocycles. The van der Waals surface area contributed by atoms with Crippen molar-refractivity contribution >= 4 is 21.9 Å². The third-order valence-corrected chi connectivity index (χ3v) is 7.47. The zero-order valence-electron chi connectivity index (χ0n) is 17.9. The van der Waals surface area contributed by atoms with Crippen molar-refractivity contribution in [1.82, 2.24) is 19.1 Å². The van der Waals surface area contributed by atoms with Crippen LogP contribution in [0.4, 0.5) is 5.69 Å². The molecule has 0 unspecified atom stereocenters. The Morgan fingerprint density at radius 3 is 2.52 bits per heavy atom. The van der Waals surface area contributed by atoms with Gasteiger partial charge in [-0.25, -0.2) is 13.1 Å². The molecule has 0 bridgehead atoms. The van der Waals surface area contributed by atoms with Gasteiger partial charge in [-0.15, -0.1) is 0 Å². The molecule has 0 atom stereocenters. The summed E-state index contributed by atoms with van der Waals surface area (Å²) in [7, 11) is -3.49. The van der Waals surface area contributed by atoms with Gasteiger partial charge in [0, 0.05) is 49.0 Å². The first kappa shape index (κ1) is 21.2. The number of benzene rings is 2. The third kappa shape index (κ3) is 4.48. The lowest BCUT2D eigenvalue weighted by atomic mass is 10.1. The molecule has 1 aliphatic heterocycles. The Labute approximate surface area is 193 Å². The molecule has 1 saturated heterocycles. The van der Waals surface area contributed by atoms with Crippen molar-refractivity contribution in [2.24, 2.45) is 4.99 Å². The molecular weight excluding hydrogens is 434 g/mol. The van der Waals surface area contributed by atoms with Gasteiger partial charge >= 0.3 is 0 Å². The number of aliphatic imine (C=N–C) groups is 1. The van der Waals surface area contributed by atoms with Crippen LogP contribution in [0, 0.1) is 0 Å². The Hall–Kier alpha value is -3.62. The first-order valence-corrected chi connectivity index (χ1v) is 12.2. The normalized spacial score (nSPS) is 14.8. The lowest BCUT2D eigenvalue weighted by molar-refractivity contribution is 0.477.